The molecule has 0 bridgehead atoms. The van der Waals surface area contributed by atoms with Crippen LogP contribution in [-0.4, -0.2) is 15.1 Å². The van der Waals surface area contributed by atoms with Gasteiger partial charge in [0.2, 0.25) is 5.89 Å². The van der Waals surface area contributed by atoms with Crippen LogP contribution in [0.2, 0.25) is 0 Å². The first-order valence-corrected chi connectivity index (χ1v) is 5.87. The number of benzene rings is 1. The smallest absolute Gasteiger partial charge is 0.231 e. The summed E-state index contributed by atoms with van der Waals surface area (Å²) in [6.07, 6.45) is 2.06. The molecule has 0 saturated heterocycles. The highest BCUT2D eigenvalue weighted by molar-refractivity contribution is 5.72. The zero-order chi connectivity index (χ0) is 12.5. The molecule has 2 heterocycles. The van der Waals surface area contributed by atoms with E-state index in [9.17, 15) is 0 Å². The van der Waals surface area contributed by atoms with E-state index in [0.717, 1.165) is 22.5 Å². The summed E-state index contributed by atoms with van der Waals surface area (Å²) >= 11 is 0. The molecule has 3 aromatic rings. The van der Waals surface area contributed by atoms with E-state index >= 15 is 0 Å². The number of nitrogens with zero attached hydrogens (tertiary/aromatic N) is 3. The second kappa shape index (κ2) is 4.25. The Labute approximate surface area is 104 Å². The summed E-state index contributed by atoms with van der Waals surface area (Å²) in [6, 6.07) is 5.85. The zero-order valence-corrected chi connectivity index (χ0v) is 10.3. The Kier molecular flexibility index (Phi) is 2.59. The van der Waals surface area contributed by atoms with Crippen LogP contribution in [0.25, 0.3) is 11.1 Å². The lowest BCUT2D eigenvalue weighted by molar-refractivity contribution is 0.377. The highest BCUT2D eigenvalue weighted by Crippen LogP contribution is 2.17. The molecule has 1 aromatic carbocycles. The van der Waals surface area contributed by atoms with Gasteiger partial charge in [0, 0.05) is 5.92 Å². The summed E-state index contributed by atoms with van der Waals surface area (Å²) in [5, 5.41) is 3.94. The first-order valence-electron chi connectivity index (χ1n) is 5.87. The molecule has 2 aromatic heterocycles. The number of fused-ring (bicyclic) bond motifs is 1. The molecule has 5 heteroatoms. The van der Waals surface area contributed by atoms with Gasteiger partial charge >= 0.3 is 0 Å². The Bertz CT molecular complexity index is 669. The molecule has 0 atom stereocenters. The fraction of sp³-hybridized carbons (Fsp3) is 0.308. The molecule has 3 rings (SSSR count). The summed E-state index contributed by atoms with van der Waals surface area (Å²) in [4.78, 5) is 8.47. The molecule has 18 heavy (non-hydrogen) atoms. The number of rotatable bonds is 3. The van der Waals surface area contributed by atoms with Crippen LogP contribution in [-0.2, 0) is 6.42 Å². The van der Waals surface area contributed by atoms with E-state index in [-0.39, 0.29) is 5.92 Å². The number of hydrogen-bond donors (Lipinski definition) is 0. The molecule has 0 N–H and O–H groups in total. The van der Waals surface area contributed by atoms with Crippen LogP contribution in [0.1, 0.15) is 37.0 Å². The average Bonchev–Trinajstić information content (AvgIpc) is 2.96. The fourth-order valence-corrected chi connectivity index (χ4v) is 1.76. The van der Waals surface area contributed by atoms with Crippen molar-refractivity contribution in [2.45, 2.75) is 26.2 Å². The minimum Gasteiger partial charge on any atom is -0.443 e. The molecule has 92 valence electrons. The van der Waals surface area contributed by atoms with Crippen molar-refractivity contribution >= 4 is 11.1 Å². The highest BCUT2D eigenvalue weighted by Gasteiger charge is 2.10. The van der Waals surface area contributed by atoms with E-state index in [2.05, 4.69) is 15.1 Å². The lowest BCUT2D eigenvalue weighted by atomic mass is 10.1. The van der Waals surface area contributed by atoms with Gasteiger partial charge in [-0.25, -0.2) is 4.98 Å². The van der Waals surface area contributed by atoms with E-state index in [1.165, 1.54) is 6.39 Å². The monoisotopic (exact) mass is 243 g/mol. The van der Waals surface area contributed by atoms with Crippen LogP contribution in [0.5, 0.6) is 0 Å². The van der Waals surface area contributed by atoms with Crippen LogP contribution < -0.4 is 0 Å². The third kappa shape index (κ3) is 1.99. The van der Waals surface area contributed by atoms with Gasteiger partial charge in [-0.3, -0.25) is 0 Å². The maximum absolute atomic E-state index is 5.22. The van der Waals surface area contributed by atoms with Crippen molar-refractivity contribution in [2.75, 3.05) is 0 Å². The minimum atomic E-state index is 0.278. The third-order valence-electron chi connectivity index (χ3n) is 2.75. The predicted octanol–water partition coefficient (Wildman–Crippen LogP) is 2.93. The standard InChI is InChI=1S/C13H13N3O2/c1-8(2)13-15-12(18-16-13)6-9-3-4-11-10(5-9)14-7-17-11/h3-5,7-8H,6H2,1-2H3. The first-order chi connectivity index (χ1) is 8.72. The summed E-state index contributed by atoms with van der Waals surface area (Å²) in [5.74, 6) is 1.65. The van der Waals surface area contributed by atoms with E-state index in [1.54, 1.807) is 0 Å². The van der Waals surface area contributed by atoms with Gasteiger partial charge in [0.25, 0.3) is 0 Å². The van der Waals surface area contributed by atoms with Crippen LogP contribution in [0.4, 0.5) is 0 Å². The first kappa shape index (κ1) is 11.0. The van der Waals surface area contributed by atoms with Crippen molar-refractivity contribution in [3.05, 3.63) is 41.9 Å². The molecule has 0 aliphatic carbocycles. The molecule has 5 nitrogen and oxygen atoms in total. The topological polar surface area (TPSA) is 65.0 Å². The molecule has 0 spiro atoms. The second-order valence-electron chi connectivity index (χ2n) is 4.53. The number of oxazole rings is 1. The quantitative estimate of drug-likeness (QED) is 0.707. The van der Waals surface area contributed by atoms with E-state index < -0.39 is 0 Å². The molecule has 0 radical (unpaired) electrons. The van der Waals surface area contributed by atoms with E-state index in [0.29, 0.717) is 12.3 Å². The van der Waals surface area contributed by atoms with Crippen molar-refractivity contribution in [1.29, 1.82) is 0 Å². The van der Waals surface area contributed by atoms with Gasteiger partial charge in [0.15, 0.2) is 17.8 Å². The summed E-state index contributed by atoms with van der Waals surface area (Å²) in [6.45, 7) is 4.08. The molecule has 0 fully saturated rings. The van der Waals surface area contributed by atoms with E-state index in [4.69, 9.17) is 8.94 Å². The van der Waals surface area contributed by atoms with Gasteiger partial charge in [0.05, 0.1) is 6.42 Å². The summed E-state index contributed by atoms with van der Waals surface area (Å²) in [7, 11) is 0. The fourth-order valence-electron chi connectivity index (χ4n) is 1.76. The summed E-state index contributed by atoms with van der Waals surface area (Å²) in [5.41, 5.74) is 2.71. The van der Waals surface area contributed by atoms with Gasteiger partial charge in [-0.1, -0.05) is 25.1 Å². The van der Waals surface area contributed by atoms with Crippen molar-refractivity contribution < 1.29 is 8.94 Å². The Morgan fingerprint density at radius 2 is 2.17 bits per heavy atom. The Hall–Kier alpha value is -2.17. The Morgan fingerprint density at radius 3 is 2.94 bits per heavy atom. The third-order valence-corrected chi connectivity index (χ3v) is 2.75. The molecule has 0 saturated carbocycles. The second-order valence-corrected chi connectivity index (χ2v) is 4.53. The largest absolute Gasteiger partial charge is 0.443 e. The van der Waals surface area contributed by atoms with Crippen LogP contribution >= 0.6 is 0 Å². The van der Waals surface area contributed by atoms with Crippen molar-refractivity contribution in [2.24, 2.45) is 0 Å². The minimum absolute atomic E-state index is 0.278. The highest BCUT2D eigenvalue weighted by atomic mass is 16.5. The van der Waals surface area contributed by atoms with Crippen molar-refractivity contribution in [1.82, 2.24) is 15.1 Å². The molecular weight excluding hydrogens is 230 g/mol. The Morgan fingerprint density at radius 1 is 1.28 bits per heavy atom. The summed E-state index contributed by atoms with van der Waals surface area (Å²) < 4.78 is 10.4. The normalized spacial score (nSPS) is 11.5. The lowest BCUT2D eigenvalue weighted by Crippen LogP contribution is -1.92. The van der Waals surface area contributed by atoms with Crippen LogP contribution in [0.3, 0.4) is 0 Å². The van der Waals surface area contributed by atoms with Gasteiger partial charge in [0.1, 0.15) is 5.52 Å². The van der Waals surface area contributed by atoms with Crippen molar-refractivity contribution in [3.63, 3.8) is 0 Å². The SMILES string of the molecule is CC(C)c1noc(Cc2ccc3ocnc3c2)n1. The predicted molar refractivity (Wildman–Crippen MR) is 65.2 cm³/mol. The molecule has 0 aliphatic rings. The molecular formula is C13H13N3O2. The van der Waals surface area contributed by atoms with Gasteiger partial charge in [-0.05, 0) is 17.7 Å². The average molecular weight is 243 g/mol. The Balaban J connectivity index is 1.86. The van der Waals surface area contributed by atoms with Crippen LogP contribution in [0, 0.1) is 0 Å². The maximum atomic E-state index is 5.22. The zero-order valence-electron chi connectivity index (χ0n) is 10.3. The number of aromatic nitrogens is 3. The molecule has 0 unspecified atom stereocenters. The van der Waals surface area contributed by atoms with Crippen LogP contribution in [0.15, 0.2) is 33.5 Å². The van der Waals surface area contributed by atoms with E-state index in [1.807, 2.05) is 32.0 Å². The molecule has 0 amide bonds. The van der Waals surface area contributed by atoms with Gasteiger partial charge in [-0.2, -0.15) is 4.98 Å². The molecule has 0 aliphatic heterocycles. The number of hydrogen-bond acceptors (Lipinski definition) is 5. The lowest BCUT2D eigenvalue weighted by Gasteiger charge is -1.96. The van der Waals surface area contributed by atoms with Crippen molar-refractivity contribution in [3.8, 4) is 0 Å². The van der Waals surface area contributed by atoms with Gasteiger partial charge in [-0.15, -0.1) is 0 Å². The van der Waals surface area contributed by atoms with Gasteiger partial charge < -0.3 is 8.94 Å². The maximum Gasteiger partial charge on any atom is 0.231 e.